The molecule has 1 heterocycles. The van der Waals surface area contributed by atoms with Crippen LogP contribution in [0.1, 0.15) is 52.7 Å². The molecule has 5 heteroatoms. The Labute approximate surface area is 165 Å². The lowest BCUT2D eigenvalue weighted by atomic mass is 10.0. The molecule has 146 valence electrons. The summed E-state index contributed by atoms with van der Waals surface area (Å²) in [6.45, 7) is 9.61. The molecule has 0 saturated carbocycles. The van der Waals surface area contributed by atoms with Crippen molar-refractivity contribution in [2.75, 3.05) is 0 Å². The number of rotatable bonds is 2. The Morgan fingerprint density at radius 2 is 1.57 bits per heavy atom. The van der Waals surface area contributed by atoms with E-state index in [1.807, 2.05) is 94.8 Å². The molecule has 0 spiro atoms. The first-order valence-corrected chi connectivity index (χ1v) is 9.36. The third-order valence-electron chi connectivity index (χ3n) is 4.74. The number of amides is 2. The second-order valence-corrected chi connectivity index (χ2v) is 8.28. The van der Waals surface area contributed by atoms with Gasteiger partial charge in [-0.25, -0.2) is 5.01 Å². The van der Waals surface area contributed by atoms with Crippen LogP contribution in [0, 0.1) is 13.8 Å². The summed E-state index contributed by atoms with van der Waals surface area (Å²) in [5, 5.41) is 2.40. The monoisotopic (exact) mass is 377 g/mol. The minimum atomic E-state index is -0.588. The molecule has 1 aromatic heterocycles. The Kier molecular flexibility index (Phi) is 5.02. The molecule has 3 aromatic rings. The number of aryl methyl sites for hydroxylation is 3. The summed E-state index contributed by atoms with van der Waals surface area (Å²) in [6, 6.07) is 15.4. The maximum absolute atomic E-state index is 13.2. The molecule has 0 aliphatic carbocycles. The lowest BCUT2D eigenvalue weighted by Crippen LogP contribution is -2.56. The number of nitrogens with zero attached hydrogens (tertiary/aromatic N) is 2. The van der Waals surface area contributed by atoms with Crippen LogP contribution in [0.5, 0.6) is 0 Å². The number of carbonyl (C=O) groups is 2. The van der Waals surface area contributed by atoms with Gasteiger partial charge in [-0.2, -0.15) is 0 Å². The van der Waals surface area contributed by atoms with Crippen molar-refractivity contribution in [3.8, 4) is 0 Å². The summed E-state index contributed by atoms with van der Waals surface area (Å²) in [4.78, 5) is 26.3. The van der Waals surface area contributed by atoms with Gasteiger partial charge in [0, 0.05) is 23.5 Å². The Bertz CT molecular complexity index is 1040. The number of para-hydroxylation sites is 1. The summed E-state index contributed by atoms with van der Waals surface area (Å²) in [6.07, 6.45) is 0. The van der Waals surface area contributed by atoms with E-state index in [1.54, 1.807) is 0 Å². The Morgan fingerprint density at radius 3 is 2.14 bits per heavy atom. The topological polar surface area (TPSA) is 54.3 Å². The largest absolute Gasteiger partial charge is 0.340 e. The third-order valence-corrected chi connectivity index (χ3v) is 4.74. The summed E-state index contributed by atoms with van der Waals surface area (Å²) >= 11 is 0. The van der Waals surface area contributed by atoms with Crippen molar-refractivity contribution in [3.63, 3.8) is 0 Å². The van der Waals surface area contributed by atoms with Crippen molar-refractivity contribution < 1.29 is 9.59 Å². The quantitative estimate of drug-likeness (QED) is 0.674. The molecule has 5 nitrogen and oxygen atoms in total. The van der Waals surface area contributed by atoms with Crippen LogP contribution in [0.3, 0.4) is 0 Å². The van der Waals surface area contributed by atoms with Crippen LogP contribution in [0.25, 0.3) is 10.9 Å². The summed E-state index contributed by atoms with van der Waals surface area (Å²) in [5.74, 6) is -0.544. The molecule has 1 N–H and O–H groups in total. The molecule has 0 aliphatic heterocycles. The summed E-state index contributed by atoms with van der Waals surface area (Å²) in [5.41, 5.74) is 6.30. The predicted molar refractivity (Wildman–Crippen MR) is 112 cm³/mol. The predicted octanol–water partition coefficient (Wildman–Crippen LogP) is 4.38. The Hall–Kier alpha value is -3.08. The first-order chi connectivity index (χ1) is 13.1. The number of benzene rings is 2. The highest BCUT2D eigenvalue weighted by molar-refractivity contribution is 6.01. The highest BCUT2D eigenvalue weighted by atomic mass is 16.2. The van der Waals surface area contributed by atoms with Crippen LogP contribution in [0.2, 0.25) is 0 Å². The Balaban J connectivity index is 1.95. The van der Waals surface area contributed by atoms with Gasteiger partial charge in [0.1, 0.15) is 5.69 Å². The molecule has 0 aliphatic rings. The van der Waals surface area contributed by atoms with E-state index in [0.29, 0.717) is 11.3 Å². The molecular weight excluding hydrogens is 350 g/mol. The van der Waals surface area contributed by atoms with Crippen LogP contribution in [-0.2, 0) is 7.05 Å². The summed E-state index contributed by atoms with van der Waals surface area (Å²) < 4.78 is 1.84. The van der Waals surface area contributed by atoms with Crippen molar-refractivity contribution >= 4 is 22.7 Å². The van der Waals surface area contributed by atoms with Crippen molar-refractivity contribution in [2.45, 2.75) is 40.2 Å². The van der Waals surface area contributed by atoms with Gasteiger partial charge in [0.25, 0.3) is 11.8 Å². The maximum Gasteiger partial charge on any atom is 0.286 e. The number of hydrogen-bond donors (Lipinski definition) is 1. The zero-order chi connectivity index (χ0) is 20.6. The van der Waals surface area contributed by atoms with Crippen molar-refractivity contribution in [1.82, 2.24) is 15.0 Å². The van der Waals surface area contributed by atoms with E-state index in [9.17, 15) is 9.59 Å². The van der Waals surface area contributed by atoms with Gasteiger partial charge in [-0.3, -0.25) is 15.0 Å². The zero-order valence-corrected chi connectivity index (χ0v) is 17.3. The van der Waals surface area contributed by atoms with E-state index >= 15 is 0 Å². The van der Waals surface area contributed by atoms with E-state index in [4.69, 9.17) is 0 Å². The molecule has 0 fully saturated rings. The number of fused-ring (bicyclic) bond motifs is 1. The maximum atomic E-state index is 13.2. The number of nitrogens with one attached hydrogen (secondary N) is 1. The van der Waals surface area contributed by atoms with Crippen LogP contribution in [0.4, 0.5) is 0 Å². The second kappa shape index (κ2) is 7.15. The first kappa shape index (κ1) is 19.7. The molecule has 3 rings (SSSR count). The molecule has 0 bridgehead atoms. The highest BCUT2D eigenvalue weighted by Gasteiger charge is 2.30. The van der Waals surface area contributed by atoms with E-state index in [-0.39, 0.29) is 11.8 Å². The fourth-order valence-electron chi connectivity index (χ4n) is 3.42. The molecule has 0 saturated heterocycles. The van der Waals surface area contributed by atoms with Crippen LogP contribution in [-0.4, -0.2) is 26.9 Å². The zero-order valence-electron chi connectivity index (χ0n) is 17.3. The van der Waals surface area contributed by atoms with Gasteiger partial charge in [0.2, 0.25) is 0 Å². The van der Waals surface area contributed by atoms with E-state index in [1.165, 1.54) is 5.01 Å². The second-order valence-electron chi connectivity index (χ2n) is 8.28. The lowest BCUT2D eigenvalue weighted by Gasteiger charge is -2.35. The average molecular weight is 377 g/mol. The fraction of sp³-hybridized carbons (Fsp3) is 0.304. The number of carbonyl (C=O) groups excluding carboxylic acids is 2. The van der Waals surface area contributed by atoms with Gasteiger partial charge in [-0.1, -0.05) is 35.4 Å². The van der Waals surface area contributed by atoms with Gasteiger partial charge in [0.05, 0.1) is 5.54 Å². The van der Waals surface area contributed by atoms with Gasteiger partial charge < -0.3 is 4.57 Å². The molecule has 2 amide bonds. The Morgan fingerprint density at radius 1 is 0.964 bits per heavy atom. The SMILES string of the molecule is Cc1cc(C)cc(C(=O)N(NC(=O)c2cc3ccccc3n2C)C(C)(C)C)c1. The van der Waals surface area contributed by atoms with Gasteiger partial charge in [0.15, 0.2) is 0 Å². The minimum absolute atomic E-state index is 0.230. The first-order valence-electron chi connectivity index (χ1n) is 9.36. The number of hydrazine groups is 1. The van der Waals surface area contributed by atoms with E-state index in [0.717, 1.165) is 22.0 Å². The van der Waals surface area contributed by atoms with E-state index in [2.05, 4.69) is 5.43 Å². The van der Waals surface area contributed by atoms with Crippen LogP contribution >= 0.6 is 0 Å². The third kappa shape index (κ3) is 3.79. The minimum Gasteiger partial charge on any atom is -0.340 e. The fourth-order valence-corrected chi connectivity index (χ4v) is 3.42. The lowest BCUT2D eigenvalue weighted by molar-refractivity contribution is 0.0355. The molecule has 0 unspecified atom stereocenters. The van der Waals surface area contributed by atoms with Crippen molar-refractivity contribution in [1.29, 1.82) is 0 Å². The standard InChI is InChI=1S/C23H27N3O2/c1-15-11-16(2)13-18(12-15)22(28)26(23(3,4)5)24-21(27)20-14-17-9-7-8-10-19(17)25(20)6/h7-14H,1-6H3,(H,24,27). The van der Waals surface area contributed by atoms with Gasteiger partial charge >= 0.3 is 0 Å². The number of aromatic nitrogens is 1. The summed E-state index contributed by atoms with van der Waals surface area (Å²) in [7, 11) is 1.85. The molecule has 0 atom stereocenters. The molecule has 28 heavy (non-hydrogen) atoms. The highest BCUT2D eigenvalue weighted by Crippen LogP contribution is 2.21. The normalized spacial score (nSPS) is 11.5. The van der Waals surface area contributed by atoms with Crippen molar-refractivity contribution in [2.24, 2.45) is 7.05 Å². The van der Waals surface area contributed by atoms with Gasteiger partial charge in [-0.15, -0.1) is 0 Å². The molecular formula is C23H27N3O2. The van der Waals surface area contributed by atoms with E-state index < -0.39 is 5.54 Å². The van der Waals surface area contributed by atoms with Gasteiger partial charge in [-0.05, 0) is 58.9 Å². The molecule has 0 radical (unpaired) electrons. The molecule has 2 aromatic carbocycles. The van der Waals surface area contributed by atoms with Crippen LogP contribution < -0.4 is 5.43 Å². The number of hydrogen-bond acceptors (Lipinski definition) is 2. The van der Waals surface area contributed by atoms with Crippen molar-refractivity contribution in [3.05, 3.63) is 70.9 Å². The van der Waals surface area contributed by atoms with Crippen LogP contribution in [0.15, 0.2) is 48.5 Å². The smallest absolute Gasteiger partial charge is 0.286 e. The average Bonchev–Trinajstić information content (AvgIpc) is 2.94.